The average Bonchev–Trinajstić information content (AvgIpc) is 3.15. The Morgan fingerprint density at radius 1 is 1.31 bits per heavy atom. The maximum atomic E-state index is 12.9. The molecule has 2 atom stereocenters. The number of hydroxylamine groups is 2. The molecule has 136 valence electrons. The fourth-order valence-electron chi connectivity index (χ4n) is 3.60. The second-order valence-electron chi connectivity index (χ2n) is 6.78. The number of hydrogen-bond donors (Lipinski definition) is 0. The summed E-state index contributed by atoms with van der Waals surface area (Å²) in [5.41, 5.74) is 2.59. The van der Waals surface area contributed by atoms with E-state index < -0.39 is 6.04 Å². The maximum absolute atomic E-state index is 12.9. The molecule has 0 unspecified atom stereocenters. The van der Waals surface area contributed by atoms with E-state index >= 15 is 0 Å². The largest absolute Gasteiger partial charge is 0.347 e. The van der Waals surface area contributed by atoms with Gasteiger partial charge in [-0.2, -0.15) is 10.2 Å². The van der Waals surface area contributed by atoms with Gasteiger partial charge >= 0.3 is 6.03 Å². The molecular formula is C18H21N5O3. The monoisotopic (exact) mass is 355 g/mol. The highest BCUT2D eigenvalue weighted by molar-refractivity contribution is 5.90. The lowest BCUT2D eigenvalue weighted by atomic mass is 9.97. The van der Waals surface area contributed by atoms with Crippen molar-refractivity contribution in [2.24, 2.45) is 7.05 Å². The van der Waals surface area contributed by atoms with Crippen LogP contribution in [-0.4, -0.2) is 57.2 Å². The van der Waals surface area contributed by atoms with E-state index in [1.165, 1.54) is 9.96 Å². The summed E-state index contributed by atoms with van der Waals surface area (Å²) in [7, 11) is 5.17. The Labute approximate surface area is 151 Å². The zero-order valence-corrected chi connectivity index (χ0v) is 15.0. The van der Waals surface area contributed by atoms with E-state index in [4.69, 9.17) is 4.84 Å². The Kier molecular flexibility index (Phi) is 3.91. The highest BCUT2D eigenvalue weighted by Crippen LogP contribution is 2.44. The number of carbonyl (C=O) groups excluding carboxylic acids is 2. The van der Waals surface area contributed by atoms with E-state index in [1.54, 1.807) is 36.9 Å². The third kappa shape index (κ3) is 2.45. The number of hydrogen-bond acceptors (Lipinski definition) is 4. The Hall–Kier alpha value is -2.87. The predicted molar refractivity (Wildman–Crippen MR) is 92.6 cm³/mol. The van der Waals surface area contributed by atoms with E-state index in [9.17, 15) is 9.59 Å². The van der Waals surface area contributed by atoms with Crippen LogP contribution in [0.4, 0.5) is 4.79 Å². The normalized spacial score (nSPS) is 21.1. The summed E-state index contributed by atoms with van der Waals surface area (Å²) in [6, 6.07) is 8.45. The molecule has 0 radical (unpaired) electrons. The van der Waals surface area contributed by atoms with Crippen LogP contribution in [0.2, 0.25) is 0 Å². The second-order valence-corrected chi connectivity index (χ2v) is 6.78. The van der Waals surface area contributed by atoms with Gasteiger partial charge in [0, 0.05) is 26.7 Å². The number of nitrogens with zero attached hydrogens (tertiary/aromatic N) is 5. The standard InChI is InChI=1S/C18H21N5O3/c1-20(2)17(24)16-15-13(9-19-21(15)3)14-10-22(16)18(25)23(14)26-11-12-7-5-4-6-8-12/h4-9,14,16H,10-11H2,1-3H3/t14-,16-/m1/s1. The van der Waals surface area contributed by atoms with Crippen molar-refractivity contribution in [3.8, 4) is 0 Å². The van der Waals surface area contributed by atoms with Gasteiger partial charge in [0.2, 0.25) is 0 Å². The molecule has 0 N–H and O–H groups in total. The molecule has 0 spiro atoms. The van der Waals surface area contributed by atoms with Crippen molar-refractivity contribution in [2.45, 2.75) is 18.7 Å². The number of benzene rings is 1. The minimum Gasteiger partial charge on any atom is -0.347 e. The molecule has 2 bridgehead atoms. The summed E-state index contributed by atoms with van der Waals surface area (Å²) in [6.07, 6.45) is 1.73. The first-order valence-electron chi connectivity index (χ1n) is 8.48. The van der Waals surface area contributed by atoms with Gasteiger partial charge in [-0.15, -0.1) is 0 Å². The van der Waals surface area contributed by atoms with Crippen molar-refractivity contribution in [3.63, 3.8) is 0 Å². The van der Waals surface area contributed by atoms with Gasteiger partial charge in [-0.3, -0.25) is 14.3 Å². The van der Waals surface area contributed by atoms with Crippen LogP contribution in [0.3, 0.4) is 0 Å². The van der Waals surface area contributed by atoms with Crippen molar-refractivity contribution in [2.75, 3.05) is 20.6 Å². The molecule has 4 rings (SSSR count). The molecule has 3 amide bonds. The third-order valence-corrected chi connectivity index (χ3v) is 4.92. The van der Waals surface area contributed by atoms with Crippen molar-refractivity contribution >= 4 is 11.9 Å². The lowest BCUT2D eigenvalue weighted by molar-refractivity contribution is -0.141. The number of rotatable bonds is 4. The van der Waals surface area contributed by atoms with Crippen molar-refractivity contribution in [1.29, 1.82) is 0 Å². The number of likely N-dealkylation sites (N-methyl/N-ethyl adjacent to an activating group) is 1. The van der Waals surface area contributed by atoms with Crippen LogP contribution in [0.25, 0.3) is 0 Å². The number of aryl methyl sites for hydroxylation is 1. The SMILES string of the molecule is CN(C)C(=O)[C@H]1c2c(cnn2C)[C@H]2CN1C(=O)N2OCc1ccccc1. The van der Waals surface area contributed by atoms with Crippen molar-refractivity contribution in [3.05, 3.63) is 53.3 Å². The number of urea groups is 1. The molecule has 1 aromatic carbocycles. The molecule has 1 aromatic heterocycles. The zero-order chi connectivity index (χ0) is 18.4. The van der Waals surface area contributed by atoms with Crippen molar-refractivity contribution in [1.82, 2.24) is 24.6 Å². The molecule has 8 nitrogen and oxygen atoms in total. The van der Waals surface area contributed by atoms with Crippen LogP contribution < -0.4 is 0 Å². The Morgan fingerprint density at radius 2 is 2.04 bits per heavy atom. The third-order valence-electron chi connectivity index (χ3n) is 4.92. The van der Waals surface area contributed by atoms with Gasteiger partial charge in [-0.05, 0) is 5.56 Å². The minimum atomic E-state index is -0.679. The van der Waals surface area contributed by atoms with Gasteiger partial charge < -0.3 is 9.80 Å². The first-order valence-corrected chi connectivity index (χ1v) is 8.48. The Bertz CT molecular complexity index is 848. The molecule has 2 aliphatic heterocycles. The molecular weight excluding hydrogens is 334 g/mol. The zero-order valence-electron chi connectivity index (χ0n) is 15.0. The fraction of sp³-hybridized carbons (Fsp3) is 0.389. The summed E-state index contributed by atoms with van der Waals surface area (Å²) in [5, 5.41) is 5.70. The van der Waals surface area contributed by atoms with Crippen LogP contribution >= 0.6 is 0 Å². The van der Waals surface area contributed by atoms with Crippen LogP contribution in [-0.2, 0) is 23.3 Å². The van der Waals surface area contributed by atoms with Crippen LogP contribution in [0.5, 0.6) is 0 Å². The van der Waals surface area contributed by atoms with E-state index in [-0.39, 0.29) is 18.0 Å². The van der Waals surface area contributed by atoms with E-state index in [0.717, 1.165) is 16.8 Å². The lowest BCUT2D eigenvalue weighted by Crippen LogP contribution is -2.43. The van der Waals surface area contributed by atoms with Gasteiger partial charge in [0.15, 0.2) is 6.04 Å². The summed E-state index contributed by atoms with van der Waals surface area (Å²) in [4.78, 5) is 34.6. The van der Waals surface area contributed by atoms with Gasteiger partial charge in [0.05, 0.1) is 18.4 Å². The molecule has 2 aromatic rings. The first kappa shape index (κ1) is 16.6. The number of fused-ring (bicyclic) bond motifs is 4. The molecule has 2 aliphatic rings. The van der Waals surface area contributed by atoms with Crippen LogP contribution in [0.15, 0.2) is 36.5 Å². The minimum absolute atomic E-state index is 0.147. The molecule has 26 heavy (non-hydrogen) atoms. The van der Waals surface area contributed by atoms with E-state index in [0.29, 0.717) is 13.2 Å². The molecule has 0 saturated carbocycles. The van der Waals surface area contributed by atoms with Gasteiger partial charge in [-0.1, -0.05) is 30.3 Å². The van der Waals surface area contributed by atoms with Gasteiger partial charge in [-0.25, -0.2) is 4.79 Å². The second kappa shape index (κ2) is 6.14. The fourth-order valence-corrected chi connectivity index (χ4v) is 3.60. The van der Waals surface area contributed by atoms with Gasteiger partial charge in [0.1, 0.15) is 12.6 Å². The number of carbonyl (C=O) groups is 2. The van der Waals surface area contributed by atoms with Crippen LogP contribution in [0.1, 0.15) is 28.9 Å². The van der Waals surface area contributed by atoms with Gasteiger partial charge in [0.25, 0.3) is 5.91 Å². The Balaban J connectivity index is 1.66. The highest BCUT2D eigenvalue weighted by Gasteiger charge is 2.52. The molecule has 8 heteroatoms. The molecule has 1 fully saturated rings. The highest BCUT2D eigenvalue weighted by atomic mass is 16.7. The van der Waals surface area contributed by atoms with Crippen LogP contribution in [0, 0.1) is 0 Å². The van der Waals surface area contributed by atoms with Crippen molar-refractivity contribution < 1.29 is 14.4 Å². The summed E-state index contributed by atoms with van der Waals surface area (Å²) in [6.45, 7) is 0.704. The van der Waals surface area contributed by atoms with E-state index in [2.05, 4.69) is 5.10 Å². The lowest BCUT2D eigenvalue weighted by Gasteiger charge is -2.31. The maximum Gasteiger partial charge on any atom is 0.345 e. The Morgan fingerprint density at radius 3 is 2.73 bits per heavy atom. The number of aromatic nitrogens is 2. The predicted octanol–water partition coefficient (Wildman–Crippen LogP) is 1.47. The topological polar surface area (TPSA) is 70.9 Å². The smallest absolute Gasteiger partial charge is 0.345 e. The first-order chi connectivity index (χ1) is 12.5. The summed E-state index contributed by atoms with van der Waals surface area (Å²) in [5.74, 6) is -0.147. The average molecular weight is 355 g/mol. The van der Waals surface area contributed by atoms with E-state index in [1.807, 2.05) is 30.3 Å². The number of amides is 3. The molecule has 3 heterocycles. The quantitative estimate of drug-likeness (QED) is 0.833. The molecule has 0 aliphatic carbocycles. The molecule has 1 saturated heterocycles. The summed E-state index contributed by atoms with van der Waals surface area (Å²) < 4.78 is 1.68. The summed E-state index contributed by atoms with van der Waals surface area (Å²) >= 11 is 0.